The minimum atomic E-state index is -4.75. The van der Waals surface area contributed by atoms with Gasteiger partial charge in [-0.25, -0.2) is 17.7 Å². The van der Waals surface area contributed by atoms with E-state index in [9.17, 15) is 26.9 Å². The molecule has 30 heavy (non-hydrogen) atoms. The molecule has 6 nitrogen and oxygen atoms in total. The van der Waals surface area contributed by atoms with Crippen LogP contribution in [-0.2, 0) is 14.1 Å². The van der Waals surface area contributed by atoms with E-state index in [0.717, 1.165) is 6.92 Å². The Kier molecular flexibility index (Phi) is 7.49. The second-order valence-corrected chi connectivity index (χ2v) is 8.16. The normalized spacial score (nSPS) is 14.2. The van der Waals surface area contributed by atoms with Crippen molar-refractivity contribution in [3.63, 3.8) is 0 Å². The first-order chi connectivity index (χ1) is 13.9. The van der Waals surface area contributed by atoms with Crippen LogP contribution in [0.25, 0.3) is 0 Å². The first-order valence-electron chi connectivity index (χ1n) is 8.80. The minimum absolute atomic E-state index is 0.0436. The highest BCUT2D eigenvalue weighted by molar-refractivity contribution is 7.52. The first kappa shape index (κ1) is 23.7. The number of benzene rings is 2. The third-order valence-electron chi connectivity index (χ3n) is 3.68. The van der Waals surface area contributed by atoms with Crippen molar-refractivity contribution in [3.05, 3.63) is 59.2 Å². The summed E-state index contributed by atoms with van der Waals surface area (Å²) in [6, 6.07) is 6.06. The quantitative estimate of drug-likeness (QED) is 0.200. The predicted octanol–water partition coefficient (Wildman–Crippen LogP) is 5.05. The molecule has 164 valence electrons. The summed E-state index contributed by atoms with van der Waals surface area (Å²) in [5.41, 5.74) is -0.887. The molecule has 2 aromatic carbocycles. The standard InChI is InChI=1S/C19H20F4NO5P/c1-10(2)27-19(25)12(4)24-30(26,28-13-8-6-5-7-9-13)29-18-15(21)11(3)14(20)16(22)17(18)23/h5-10,12H,1-4H3,(H,24,26)/t12-,30-/m0/s1. The van der Waals surface area contributed by atoms with Crippen molar-refractivity contribution in [3.8, 4) is 11.5 Å². The van der Waals surface area contributed by atoms with Gasteiger partial charge in [-0.05, 0) is 39.8 Å². The first-order valence-corrected chi connectivity index (χ1v) is 10.3. The van der Waals surface area contributed by atoms with E-state index in [2.05, 4.69) is 5.09 Å². The molecule has 0 aliphatic carbocycles. The Morgan fingerprint density at radius 1 is 0.933 bits per heavy atom. The molecule has 0 radical (unpaired) electrons. The van der Waals surface area contributed by atoms with Crippen LogP contribution in [0.4, 0.5) is 17.6 Å². The minimum Gasteiger partial charge on any atom is -0.462 e. The van der Waals surface area contributed by atoms with Gasteiger partial charge < -0.3 is 13.8 Å². The maximum atomic E-state index is 14.4. The van der Waals surface area contributed by atoms with Gasteiger partial charge in [0.1, 0.15) is 11.8 Å². The number of carbonyl (C=O) groups excluding carboxylic acids is 1. The smallest absolute Gasteiger partial charge is 0.462 e. The summed E-state index contributed by atoms with van der Waals surface area (Å²) in [4.78, 5) is 12.0. The third-order valence-corrected chi connectivity index (χ3v) is 5.26. The summed E-state index contributed by atoms with van der Waals surface area (Å²) >= 11 is 0. The maximum Gasteiger partial charge on any atom is 0.513 e. The summed E-state index contributed by atoms with van der Waals surface area (Å²) in [5.74, 6) is -9.76. The summed E-state index contributed by atoms with van der Waals surface area (Å²) in [5, 5.41) is 2.19. The molecular formula is C19H20F4NO5P. The molecule has 0 unspecified atom stereocenters. The molecule has 0 spiro atoms. The van der Waals surface area contributed by atoms with Crippen molar-refractivity contribution in [1.82, 2.24) is 5.09 Å². The Labute approximate surface area is 170 Å². The molecule has 2 aromatic rings. The second-order valence-electron chi connectivity index (χ2n) is 6.54. The maximum absolute atomic E-state index is 14.4. The van der Waals surface area contributed by atoms with Gasteiger partial charge in [0.15, 0.2) is 17.5 Å². The number of halogens is 4. The van der Waals surface area contributed by atoms with Crippen molar-refractivity contribution >= 4 is 13.7 Å². The zero-order valence-corrected chi connectivity index (χ0v) is 17.4. The van der Waals surface area contributed by atoms with Crippen molar-refractivity contribution in [2.45, 2.75) is 39.8 Å². The van der Waals surface area contributed by atoms with Crippen LogP contribution >= 0.6 is 7.75 Å². The molecule has 0 saturated heterocycles. The van der Waals surface area contributed by atoms with Gasteiger partial charge in [0.25, 0.3) is 0 Å². The number of ether oxygens (including phenoxy) is 1. The highest BCUT2D eigenvalue weighted by atomic mass is 31.2. The van der Waals surface area contributed by atoms with Crippen LogP contribution in [0.15, 0.2) is 30.3 Å². The highest BCUT2D eigenvalue weighted by Crippen LogP contribution is 2.47. The summed E-state index contributed by atoms with van der Waals surface area (Å²) in [6.07, 6.45) is -0.499. The van der Waals surface area contributed by atoms with Crippen molar-refractivity contribution in [2.24, 2.45) is 0 Å². The zero-order chi connectivity index (χ0) is 22.6. The molecule has 1 N–H and O–H groups in total. The van der Waals surface area contributed by atoms with Gasteiger partial charge in [0.05, 0.1) is 6.10 Å². The number of hydrogen-bond acceptors (Lipinski definition) is 5. The van der Waals surface area contributed by atoms with Crippen LogP contribution in [0, 0.1) is 30.2 Å². The average Bonchev–Trinajstić information content (AvgIpc) is 2.68. The highest BCUT2D eigenvalue weighted by Gasteiger charge is 2.37. The largest absolute Gasteiger partial charge is 0.513 e. The van der Waals surface area contributed by atoms with Crippen LogP contribution < -0.4 is 14.1 Å². The Morgan fingerprint density at radius 3 is 2.10 bits per heavy atom. The Hall–Kier alpha value is -2.58. The molecule has 0 bridgehead atoms. The molecule has 0 aliphatic rings. The van der Waals surface area contributed by atoms with E-state index in [-0.39, 0.29) is 5.75 Å². The lowest BCUT2D eigenvalue weighted by Crippen LogP contribution is -2.37. The molecule has 0 amide bonds. The Morgan fingerprint density at radius 2 is 1.53 bits per heavy atom. The topological polar surface area (TPSA) is 73.9 Å². The fourth-order valence-electron chi connectivity index (χ4n) is 2.24. The number of hydrogen-bond donors (Lipinski definition) is 1. The zero-order valence-electron chi connectivity index (χ0n) is 16.5. The SMILES string of the molecule is Cc1c(F)c(F)c(F)c(O[P@](=O)(N[C@@H](C)C(=O)OC(C)C)Oc2ccccc2)c1F. The Bertz CT molecular complexity index is 942. The van der Waals surface area contributed by atoms with E-state index in [4.69, 9.17) is 13.8 Å². The van der Waals surface area contributed by atoms with Gasteiger partial charge >= 0.3 is 13.7 Å². The van der Waals surface area contributed by atoms with Gasteiger partial charge in [-0.2, -0.15) is 9.48 Å². The number of esters is 1. The molecule has 0 aromatic heterocycles. The molecular weight excluding hydrogens is 429 g/mol. The van der Waals surface area contributed by atoms with Crippen molar-refractivity contribution in [1.29, 1.82) is 0 Å². The molecule has 0 saturated carbocycles. The number of rotatable bonds is 8. The van der Waals surface area contributed by atoms with Crippen LogP contribution in [-0.4, -0.2) is 18.1 Å². The lowest BCUT2D eigenvalue weighted by atomic mass is 10.2. The predicted molar refractivity (Wildman–Crippen MR) is 100 cm³/mol. The molecule has 0 aliphatic heterocycles. The lowest BCUT2D eigenvalue weighted by molar-refractivity contribution is -0.149. The van der Waals surface area contributed by atoms with E-state index < -0.39 is 60.4 Å². The van der Waals surface area contributed by atoms with E-state index in [1.807, 2.05) is 0 Å². The Balaban J connectivity index is 2.45. The summed E-state index contributed by atoms with van der Waals surface area (Å²) in [6.45, 7) is 5.25. The monoisotopic (exact) mass is 449 g/mol. The van der Waals surface area contributed by atoms with Crippen LogP contribution in [0.5, 0.6) is 11.5 Å². The van der Waals surface area contributed by atoms with Crippen molar-refractivity contribution < 1.29 is 40.7 Å². The second kappa shape index (κ2) is 9.49. The van der Waals surface area contributed by atoms with E-state index in [1.165, 1.54) is 31.2 Å². The third kappa shape index (κ3) is 5.52. The van der Waals surface area contributed by atoms with Crippen LogP contribution in [0.3, 0.4) is 0 Å². The lowest BCUT2D eigenvalue weighted by Gasteiger charge is -2.24. The van der Waals surface area contributed by atoms with Gasteiger partial charge in [-0.1, -0.05) is 18.2 Å². The van der Waals surface area contributed by atoms with Gasteiger partial charge in [0.2, 0.25) is 11.6 Å². The number of nitrogens with one attached hydrogen (secondary N) is 1. The molecule has 2 rings (SSSR count). The number of para-hydroxylation sites is 1. The number of carbonyl (C=O) groups is 1. The van der Waals surface area contributed by atoms with Crippen molar-refractivity contribution in [2.75, 3.05) is 0 Å². The molecule has 0 fully saturated rings. The van der Waals surface area contributed by atoms with Gasteiger partial charge in [0, 0.05) is 5.56 Å². The van der Waals surface area contributed by atoms with Gasteiger partial charge in [-0.15, -0.1) is 0 Å². The summed E-state index contributed by atoms with van der Waals surface area (Å²) in [7, 11) is -4.75. The van der Waals surface area contributed by atoms with Crippen LogP contribution in [0.2, 0.25) is 0 Å². The van der Waals surface area contributed by atoms with Crippen LogP contribution in [0.1, 0.15) is 26.3 Å². The van der Waals surface area contributed by atoms with E-state index in [1.54, 1.807) is 19.9 Å². The molecule has 2 atom stereocenters. The summed E-state index contributed by atoms with van der Waals surface area (Å²) < 4.78 is 84.2. The fourth-order valence-corrected chi connectivity index (χ4v) is 3.76. The van der Waals surface area contributed by atoms with E-state index >= 15 is 0 Å². The van der Waals surface area contributed by atoms with E-state index in [0.29, 0.717) is 0 Å². The fraction of sp³-hybridized carbons (Fsp3) is 0.316. The average molecular weight is 449 g/mol. The van der Waals surface area contributed by atoms with Gasteiger partial charge in [-0.3, -0.25) is 4.79 Å². The molecule has 11 heteroatoms. The molecule has 0 heterocycles.